The van der Waals surface area contributed by atoms with Crippen LogP contribution in [0, 0.1) is 11.3 Å². The maximum absolute atomic E-state index is 9.15. The Bertz CT molecular complexity index is 617. The molecule has 0 saturated carbocycles. The highest BCUT2D eigenvalue weighted by Gasteiger charge is 2.06. The first-order valence-corrected chi connectivity index (χ1v) is 6.79. The lowest BCUT2D eigenvalue weighted by atomic mass is 10.1. The molecule has 0 aliphatic rings. The van der Waals surface area contributed by atoms with E-state index in [0.717, 1.165) is 16.8 Å². The molecule has 0 amide bonds. The number of nitriles is 1. The molecule has 4 nitrogen and oxygen atoms in total. The molecule has 2 N–H and O–H groups in total. The van der Waals surface area contributed by atoms with Gasteiger partial charge in [0.05, 0.1) is 6.61 Å². The number of nitrogens with zero attached hydrogens (tertiary/aromatic N) is 1. The highest BCUT2D eigenvalue weighted by molar-refractivity contribution is 5.47. The van der Waals surface area contributed by atoms with Gasteiger partial charge >= 0.3 is 0 Å². The van der Waals surface area contributed by atoms with Gasteiger partial charge in [-0.2, -0.15) is 5.26 Å². The molecular weight excluding hydrogens is 264 g/mol. The second kappa shape index (κ2) is 7.32. The Hall–Kier alpha value is -2.51. The SMILES string of the molecule is CC(Nc1cccc(CO)c1)c1ccc(OCC#N)cc1. The molecule has 0 bridgehead atoms. The van der Waals surface area contributed by atoms with E-state index in [0.29, 0.717) is 5.75 Å². The first-order chi connectivity index (χ1) is 10.2. The summed E-state index contributed by atoms with van der Waals surface area (Å²) in [5.41, 5.74) is 2.97. The highest BCUT2D eigenvalue weighted by atomic mass is 16.5. The maximum atomic E-state index is 9.15. The van der Waals surface area contributed by atoms with Gasteiger partial charge in [-0.1, -0.05) is 24.3 Å². The third-order valence-corrected chi connectivity index (χ3v) is 3.18. The molecule has 0 radical (unpaired) electrons. The Morgan fingerprint density at radius 1 is 1.24 bits per heavy atom. The fraction of sp³-hybridized carbons (Fsp3) is 0.235. The van der Waals surface area contributed by atoms with Crippen molar-refractivity contribution in [2.24, 2.45) is 0 Å². The molecule has 0 aliphatic heterocycles. The third-order valence-electron chi connectivity index (χ3n) is 3.18. The molecule has 2 aromatic carbocycles. The molecule has 2 rings (SSSR count). The minimum atomic E-state index is 0.0365. The Morgan fingerprint density at radius 2 is 2.00 bits per heavy atom. The summed E-state index contributed by atoms with van der Waals surface area (Å²) in [4.78, 5) is 0. The summed E-state index contributed by atoms with van der Waals surface area (Å²) in [6, 6.07) is 17.4. The largest absolute Gasteiger partial charge is 0.479 e. The van der Waals surface area contributed by atoms with E-state index in [1.54, 1.807) is 0 Å². The van der Waals surface area contributed by atoms with Crippen LogP contribution in [0.5, 0.6) is 5.75 Å². The lowest BCUT2D eigenvalue weighted by Gasteiger charge is -2.16. The van der Waals surface area contributed by atoms with Gasteiger partial charge in [0.2, 0.25) is 0 Å². The lowest BCUT2D eigenvalue weighted by Crippen LogP contribution is -2.06. The molecule has 0 saturated heterocycles. The van der Waals surface area contributed by atoms with Crippen LogP contribution in [0.15, 0.2) is 48.5 Å². The zero-order chi connectivity index (χ0) is 15.1. The van der Waals surface area contributed by atoms with Crippen molar-refractivity contribution in [1.29, 1.82) is 5.26 Å². The Balaban J connectivity index is 2.02. The molecule has 108 valence electrons. The van der Waals surface area contributed by atoms with Crippen LogP contribution in [-0.2, 0) is 6.61 Å². The number of ether oxygens (including phenoxy) is 1. The monoisotopic (exact) mass is 282 g/mol. The van der Waals surface area contributed by atoms with Gasteiger partial charge in [0.15, 0.2) is 6.61 Å². The number of benzene rings is 2. The van der Waals surface area contributed by atoms with Crippen molar-refractivity contribution in [3.05, 3.63) is 59.7 Å². The molecule has 0 fully saturated rings. The topological polar surface area (TPSA) is 65.3 Å². The quantitative estimate of drug-likeness (QED) is 0.853. The summed E-state index contributed by atoms with van der Waals surface area (Å²) in [6.45, 7) is 2.16. The Morgan fingerprint density at radius 3 is 2.67 bits per heavy atom. The Kier molecular flexibility index (Phi) is 5.19. The van der Waals surface area contributed by atoms with E-state index in [4.69, 9.17) is 15.1 Å². The average molecular weight is 282 g/mol. The van der Waals surface area contributed by atoms with Crippen LogP contribution in [0.3, 0.4) is 0 Å². The normalized spacial score (nSPS) is 11.5. The summed E-state index contributed by atoms with van der Waals surface area (Å²) in [6.07, 6.45) is 0. The third kappa shape index (κ3) is 4.23. The lowest BCUT2D eigenvalue weighted by molar-refractivity contribution is 0.282. The minimum absolute atomic E-state index is 0.0365. The van der Waals surface area contributed by atoms with Crippen LogP contribution in [-0.4, -0.2) is 11.7 Å². The summed E-state index contributed by atoms with van der Waals surface area (Å²) in [5.74, 6) is 0.690. The van der Waals surface area contributed by atoms with E-state index in [9.17, 15) is 0 Å². The van der Waals surface area contributed by atoms with Crippen LogP contribution in [0.25, 0.3) is 0 Å². The molecule has 1 atom stereocenters. The smallest absolute Gasteiger partial charge is 0.174 e. The van der Waals surface area contributed by atoms with Crippen molar-refractivity contribution in [3.8, 4) is 11.8 Å². The number of nitrogens with one attached hydrogen (secondary N) is 1. The maximum Gasteiger partial charge on any atom is 0.174 e. The van der Waals surface area contributed by atoms with Gasteiger partial charge in [0, 0.05) is 11.7 Å². The predicted octanol–water partition coefficient (Wildman–Crippen LogP) is 3.25. The average Bonchev–Trinajstić information content (AvgIpc) is 2.53. The van der Waals surface area contributed by atoms with Crippen molar-refractivity contribution in [3.63, 3.8) is 0 Å². The minimum Gasteiger partial charge on any atom is -0.479 e. The number of hydrogen-bond acceptors (Lipinski definition) is 4. The van der Waals surface area contributed by atoms with Gasteiger partial charge in [0.1, 0.15) is 11.8 Å². The molecule has 0 spiro atoms. The highest BCUT2D eigenvalue weighted by Crippen LogP contribution is 2.22. The number of aliphatic hydroxyl groups is 1. The first kappa shape index (κ1) is 14.9. The van der Waals surface area contributed by atoms with Gasteiger partial charge in [-0.3, -0.25) is 0 Å². The van der Waals surface area contributed by atoms with Crippen LogP contribution in [0.1, 0.15) is 24.1 Å². The summed E-state index contributed by atoms with van der Waals surface area (Å²) in [5, 5.41) is 21.0. The fourth-order valence-corrected chi connectivity index (χ4v) is 2.06. The van der Waals surface area contributed by atoms with Crippen LogP contribution < -0.4 is 10.1 Å². The standard InChI is InChI=1S/C17H18N2O2/c1-13(19-16-4-2-3-14(11-16)12-20)15-5-7-17(8-6-15)21-10-9-18/h2-8,11,13,19-20H,10,12H2,1H3. The second-order valence-electron chi connectivity index (χ2n) is 4.74. The number of rotatable bonds is 6. The van der Waals surface area contributed by atoms with Gasteiger partial charge in [-0.05, 0) is 42.3 Å². The molecule has 0 heterocycles. The van der Waals surface area contributed by atoms with Gasteiger partial charge < -0.3 is 15.2 Å². The van der Waals surface area contributed by atoms with Crippen LogP contribution >= 0.6 is 0 Å². The zero-order valence-electron chi connectivity index (χ0n) is 11.9. The molecule has 0 aromatic heterocycles. The molecule has 21 heavy (non-hydrogen) atoms. The number of aliphatic hydroxyl groups excluding tert-OH is 1. The van der Waals surface area contributed by atoms with Crippen molar-refractivity contribution >= 4 is 5.69 Å². The molecule has 1 unspecified atom stereocenters. The molecular formula is C17H18N2O2. The first-order valence-electron chi connectivity index (χ1n) is 6.79. The van der Waals surface area contributed by atoms with E-state index in [-0.39, 0.29) is 19.3 Å². The molecule has 2 aromatic rings. The fourth-order valence-electron chi connectivity index (χ4n) is 2.06. The van der Waals surface area contributed by atoms with E-state index < -0.39 is 0 Å². The van der Waals surface area contributed by atoms with Crippen LogP contribution in [0.2, 0.25) is 0 Å². The summed E-state index contributed by atoms with van der Waals surface area (Å²) in [7, 11) is 0. The second-order valence-corrected chi connectivity index (χ2v) is 4.74. The zero-order valence-corrected chi connectivity index (χ0v) is 11.9. The van der Waals surface area contributed by atoms with Crippen LogP contribution in [0.4, 0.5) is 5.69 Å². The predicted molar refractivity (Wildman–Crippen MR) is 82.0 cm³/mol. The van der Waals surface area contributed by atoms with Crippen molar-refractivity contribution < 1.29 is 9.84 Å². The Labute approximate surface area is 124 Å². The summed E-state index contributed by atoms with van der Waals surface area (Å²) < 4.78 is 5.23. The van der Waals surface area contributed by atoms with E-state index in [2.05, 4.69) is 12.2 Å². The number of anilines is 1. The molecule has 0 aliphatic carbocycles. The van der Waals surface area contributed by atoms with Gasteiger partial charge in [-0.15, -0.1) is 0 Å². The van der Waals surface area contributed by atoms with E-state index >= 15 is 0 Å². The number of hydrogen-bond donors (Lipinski definition) is 2. The summed E-state index contributed by atoms with van der Waals surface area (Å²) >= 11 is 0. The van der Waals surface area contributed by atoms with Crippen molar-refractivity contribution in [2.45, 2.75) is 19.6 Å². The van der Waals surface area contributed by atoms with Gasteiger partial charge in [0.25, 0.3) is 0 Å². The van der Waals surface area contributed by atoms with Gasteiger partial charge in [-0.25, -0.2) is 0 Å². The van der Waals surface area contributed by atoms with Crippen molar-refractivity contribution in [1.82, 2.24) is 0 Å². The molecule has 4 heteroatoms. The van der Waals surface area contributed by atoms with E-state index in [1.807, 2.05) is 54.6 Å². The van der Waals surface area contributed by atoms with Crippen molar-refractivity contribution in [2.75, 3.05) is 11.9 Å². The van der Waals surface area contributed by atoms with E-state index in [1.165, 1.54) is 0 Å².